The van der Waals surface area contributed by atoms with Gasteiger partial charge >= 0.3 is 5.69 Å². The summed E-state index contributed by atoms with van der Waals surface area (Å²) in [6.07, 6.45) is 2.96. The Morgan fingerprint density at radius 2 is 1.72 bits per heavy atom. The molecule has 29 heavy (non-hydrogen) atoms. The molecule has 1 N–H and O–H groups in total. The van der Waals surface area contributed by atoms with Crippen LogP contribution in [0.3, 0.4) is 0 Å². The molecule has 1 saturated heterocycles. The van der Waals surface area contributed by atoms with Gasteiger partial charge in [0, 0.05) is 38.9 Å². The minimum absolute atomic E-state index is 0.130. The number of hydrogen-bond donors (Lipinski definition) is 1. The number of aromatic nitrogens is 3. The lowest BCUT2D eigenvalue weighted by atomic mass is 10.2. The molecule has 9 heteroatoms. The second-order valence-corrected chi connectivity index (χ2v) is 6.74. The SMILES string of the molecule is O=[N+]([O-])c1c(Nc2ccccn2)ncnc1N1CCN(Cc2ccccc2)CC1. The van der Waals surface area contributed by atoms with E-state index in [0.29, 0.717) is 24.7 Å². The molecule has 1 aromatic carbocycles. The lowest BCUT2D eigenvalue weighted by Gasteiger charge is -2.35. The first-order chi connectivity index (χ1) is 14.2. The Morgan fingerprint density at radius 1 is 0.966 bits per heavy atom. The first-order valence-corrected chi connectivity index (χ1v) is 9.39. The smallest absolute Gasteiger partial charge is 0.348 e. The Kier molecular flexibility index (Phi) is 5.57. The van der Waals surface area contributed by atoms with Crippen molar-refractivity contribution in [3.63, 3.8) is 0 Å². The molecule has 1 aliphatic rings. The van der Waals surface area contributed by atoms with Crippen molar-refractivity contribution in [3.8, 4) is 0 Å². The minimum Gasteiger partial charge on any atom is -0.348 e. The van der Waals surface area contributed by atoms with Gasteiger partial charge in [-0.2, -0.15) is 0 Å². The fourth-order valence-electron chi connectivity index (χ4n) is 3.38. The van der Waals surface area contributed by atoms with Gasteiger partial charge in [0.05, 0.1) is 4.92 Å². The van der Waals surface area contributed by atoms with Crippen LogP contribution in [0.25, 0.3) is 0 Å². The molecule has 0 bridgehead atoms. The van der Waals surface area contributed by atoms with E-state index in [2.05, 4.69) is 37.3 Å². The second kappa shape index (κ2) is 8.61. The van der Waals surface area contributed by atoms with E-state index < -0.39 is 4.92 Å². The van der Waals surface area contributed by atoms with Crippen LogP contribution in [-0.2, 0) is 6.54 Å². The highest BCUT2D eigenvalue weighted by atomic mass is 16.6. The summed E-state index contributed by atoms with van der Waals surface area (Å²) in [7, 11) is 0. The lowest BCUT2D eigenvalue weighted by molar-refractivity contribution is -0.383. The molecule has 0 saturated carbocycles. The summed E-state index contributed by atoms with van der Waals surface area (Å²) in [5.41, 5.74) is 1.13. The highest BCUT2D eigenvalue weighted by molar-refractivity contribution is 5.73. The zero-order chi connectivity index (χ0) is 20.1. The molecular formula is C20H21N7O2. The Hall–Kier alpha value is -3.59. The number of rotatable bonds is 6. The molecule has 0 unspecified atom stereocenters. The highest BCUT2D eigenvalue weighted by Gasteiger charge is 2.29. The van der Waals surface area contributed by atoms with Crippen molar-refractivity contribution in [1.29, 1.82) is 0 Å². The van der Waals surface area contributed by atoms with Crippen molar-refractivity contribution >= 4 is 23.1 Å². The predicted molar refractivity (Wildman–Crippen MR) is 110 cm³/mol. The van der Waals surface area contributed by atoms with E-state index in [1.165, 1.54) is 11.9 Å². The van der Waals surface area contributed by atoms with Gasteiger partial charge in [-0.15, -0.1) is 0 Å². The van der Waals surface area contributed by atoms with Crippen LogP contribution in [0.4, 0.5) is 23.1 Å². The number of benzene rings is 1. The monoisotopic (exact) mass is 391 g/mol. The fraction of sp³-hybridized carbons (Fsp3) is 0.250. The van der Waals surface area contributed by atoms with Crippen molar-refractivity contribution in [2.45, 2.75) is 6.54 Å². The van der Waals surface area contributed by atoms with E-state index in [-0.39, 0.29) is 11.5 Å². The Morgan fingerprint density at radius 3 is 2.41 bits per heavy atom. The van der Waals surface area contributed by atoms with Crippen LogP contribution in [0.1, 0.15) is 5.56 Å². The molecule has 2 aromatic heterocycles. The van der Waals surface area contributed by atoms with Gasteiger partial charge in [0.2, 0.25) is 11.6 Å². The zero-order valence-corrected chi connectivity index (χ0v) is 15.8. The molecule has 0 radical (unpaired) electrons. The summed E-state index contributed by atoms with van der Waals surface area (Å²) in [4.78, 5) is 28.1. The fourth-order valence-corrected chi connectivity index (χ4v) is 3.38. The average Bonchev–Trinajstić information content (AvgIpc) is 2.75. The van der Waals surface area contributed by atoms with E-state index in [9.17, 15) is 10.1 Å². The molecule has 1 fully saturated rings. The summed E-state index contributed by atoms with van der Waals surface area (Å²) >= 11 is 0. The standard InChI is InChI=1S/C20H21N7O2/c28-27(29)18-19(24-17-8-4-5-9-21-17)22-15-23-20(18)26-12-10-25(11-13-26)14-16-6-2-1-3-7-16/h1-9,15H,10-14H2,(H,21,22,23,24). The molecule has 0 spiro atoms. The molecule has 9 nitrogen and oxygen atoms in total. The van der Waals surface area contributed by atoms with Crippen LogP contribution in [0.15, 0.2) is 61.1 Å². The molecule has 0 amide bonds. The van der Waals surface area contributed by atoms with Gasteiger partial charge in [0.15, 0.2) is 0 Å². The number of pyridine rings is 1. The first-order valence-electron chi connectivity index (χ1n) is 9.39. The van der Waals surface area contributed by atoms with E-state index in [4.69, 9.17) is 0 Å². The minimum atomic E-state index is -0.434. The molecule has 4 rings (SSSR count). The van der Waals surface area contributed by atoms with Gasteiger partial charge in [0.1, 0.15) is 12.1 Å². The van der Waals surface area contributed by atoms with Crippen LogP contribution in [0.5, 0.6) is 0 Å². The van der Waals surface area contributed by atoms with Gasteiger partial charge in [0.25, 0.3) is 0 Å². The molecule has 0 aliphatic carbocycles. The quantitative estimate of drug-likeness (QED) is 0.506. The van der Waals surface area contributed by atoms with Gasteiger partial charge in [-0.25, -0.2) is 15.0 Å². The summed E-state index contributed by atoms with van der Waals surface area (Å²) in [5, 5.41) is 14.7. The molecule has 3 heterocycles. The van der Waals surface area contributed by atoms with Gasteiger partial charge in [-0.1, -0.05) is 36.4 Å². The molecule has 1 aliphatic heterocycles. The summed E-state index contributed by atoms with van der Waals surface area (Å²) in [5.74, 6) is 0.973. The molecule has 3 aromatic rings. The largest absolute Gasteiger partial charge is 0.353 e. The third-order valence-electron chi connectivity index (χ3n) is 4.82. The maximum absolute atomic E-state index is 11.8. The number of nitro groups is 1. The van der Waals surface area contributed by atoms with Crippen molar-refractivity contribution in [2.75, 3.05) is 36.4 Å². The number of hydrogen-bond acceptors (Lipinski definition) is 8. The van der Waals surface area contributed by atoms with E-state index >= 15 is 0 Å². The maximum atomic E-state index is 11.8. The van der Waals surface area contributed by atoms with Crippen molar-refractivity contribution in [2.24, 2.45) is 0 Å². The maximum Gasteiger partial charge on any atom is 0.353 e. The number of piperazine rings is 1. The third-order valence-corrected chi connectivity index (χ3v) is 4.82. The zero-order valence-electron chi connectivity index (χ0n) is 15.8. The average molecular weight is 391 g/mol. The molecular weight excluding hydrogens is 370 g/mol. The summed E-state index contributed by atoms with van der Waals surface area (Å²) in [6.45, 7) is 3.80. The van der Waals surface area contributed by atoms with Crippen LogP contribution < -0.4 is 10.2 Å². The molecule has 0 atom stereocenters. The van der Waals surface area contributed by atoms with Crippen LogP contribution in [0.2, 0.25) is 0 Å². The first kappa shape index (κ1) is 18.8. The Balaban J connectivity index is 1.50. The topological polar surface area (TPSA) is 100 Å². The summed E-state index contributed by atoms with van der Waals surface area (Å²) < 4.78 is 0. The Bertz CT molecular complexity index is 961. The van der Waals surface area contributed by atoms with Gasteiger partial charge in [-0.3, -0.25) is 15.0 Å². The van der Waals surface area contributed by atoms with Crippen LogP contribution >= 0.6 is 0 Å². The van der Waals surface area contributed by atoms with E-state index in [1.54, 1.807) is 24.4 Å². The van der Waals surface area contributed by atoms with Crippen molar-refractivity contribution < 1.29 is 4.92 Å². The van der Waals surface area contributed by atoms with Crippen molar-refractivity contribution in [3.05, 3.63) is 76.7 Å². The summed E-state index contributed by atoms with van der Waals surface area (Å²) in [6, 6.07) is 15.6. The number of nitrogens with one attached hydrogen (secondary N) is 1. The number of anilines is 3. The predicted octanol–water partition coefficient (Wildman–Crippen LogP) is 2.85. The van der Waals surface area contributed by atoms with Gasteiger partial charge in [-0.05, 0) is 17.7 Å². The van der Waals surface area contributed by atoms with E-state index in [1.807, 2.05) is 23.1 Å². The lowest BCUT2D eigenvalue weighted by Crippen LogP contribution is -2.46. The molecule has 148 valence electrons. The van der Waals surface area contributed by atoms with Crippen LogP contribution in [-0.4, -0.2) is 51.0 Å². The third kappa shape index (κ3) is 4.46. The normalized spacial score (nSPS) is 14.6. The van der Waals surface area contributed by atoms with Crippen molar-refractivity contribution in [1.82, 2.24) is 19.9 Å². The van der Waals surface area contributed by atoms with E-state index in [0.717, 1.165) is 19.6 Å². The number of nitrogens with zero attached hydrogens (tertiary/aromatic N) is 6. The van der Waals surface area contributed by atoms with Crippen LogP contribution in [0, 0.1) is 10.1 Å². The highest BCUT2D eigenvalue weighted by Crippen LogP contribution is 2.33. The Labute approximate surface area is 168 Å². The second-order valence-electron chi connectivity index (χ2n) is 6.74. The van der Waals surface area contributed by atoms with Gasteiger partial charge < -0.3 is 10.2 Å².